The summed E-state index contributed by atoms with van der Waals surface area (Å²) in [6.07, 6.45) is 4.48. The summed E-state index contributed by atoms with van der Waals surface area (Å²) in [5, 5.41) is 1.02. The van der Waals surface area contributed by atoms with E-state index in [1.807, 2.05) is 12.3 Å². The molecule has 2 aromatic heterocycles. The van der Waals surface area contributed by atoms with E-state index in [1.54, 1.807) is 0 Å². The molecule has 3 aliphatic rings. The zero-order chi connectivity index (χ0) is 13.7. The van der Waals surface area contributed by atoms with E-state index in [2.05, 4.69) is 16.0 Å². The van der Waals surface area contributed by atoms with E-state index in [9.17, 15) is 4.79 Å². The Morgan fingerprint density at radius 3 is 2.80 bits per heavy atom. The average Bonchev–Trinajstić information content (AvgIpc) is 2.91. The van der Waals surface area contributed by atoms with E-state index in [0.717, 1.165) is 22.5 Å². The van der Waals surface area contributed by atoms with Crippen molar-refractivity contribution in [3.8, 4) is 0 Å². The van der Waals surface area contributed by atoms with Gasteiger partial charge in [0.25, 0.3) is 5.91 Å². The molecule has 5 rings (SSSR count). The summed E-state index contributed by atoms with van der Waals surface area (Å²) in [6, 6.07) is 4.01. The Labute approximate surface area is 121 Å². The third-order valence-corrected chi connectivity index (χ3v) is 5.81. The molecule has 2 N–H and O–H groups in total. The molecule has 2 bridgehead atoms. The van der Waals surface area contributed by atoms with Crippen LogP contribution in [0.1, 0.15) is 34.1 Å². The number of amides is 1. The summed E-state index contributed by atoms with van der Waals surface area (Å²) in [4.78, 5) is 19.1. The number of hydrogen-bond donors (Lipinski definition) is 1. The normalized spacial score (nSPS) is 28.9. The number of aromatic nitrogens is 1. The number of rotatable bonds is 2. The second-order valence-corrected chi connectivity index (χ2v) is 6.95. The number of thiophene rings is 1. The molecule has 5 heterocycles. The topological polar surface area (TPSA) is 59.2 Å². The molecule has 0 radical (unpaired) electrons. The Morgan fingerprint density at radius 1 is 1.35 bits per heavy atom. The lowest BCUT2D eigenvalue weighted by molar-refractivity contribution is 0.0855. The van der Waals surface area contributed by atoms with Crippen LogP contribution in [0.4, 0.5) is 0 Å². The van der Waals surface area contributed by atoms with Crippen LogP contribution in [-0.4, -0.2) is 35.4 Å². The number of nitrogens with two attached hydrogens (primary N) is 1. The first-order valence-corrected chi connectivity index (χ1v) is 7.94. The van der Waals surface area contributed by atoms with E-state index in [-0.39, 0.29) is 5.91 Å². The molecule has 1 amide bonds. The van der Waals surface area contributed by atoms with E-state index in [4.69, 9.17) is 5.73 Å². The van der Waals surface area contributed by atoms with Gasteiger partial charge in [-0.2, -0.15) is 0 Å². The molecule has 104 valence electrons. The van der Waals surface area contributed by atoms with Gasteiger partial charge < -0.3 is 10.6 Å². The number of carbonyl (C=O) groups excluding carboxylic acids is 1. The highest BCUT2D eigenvalue weighted by Crippen LogP contribution is 2.39. The van der Waals surface area contributed by atoms with Crippen molar-refractivity contribution in [1.29, 1.82) is 0 Å². The van der Waals surface area contributed by atoms with E-state index in [1.165, 1.54) is 43.0 Å². The third-order valence-electron chi connectivity index (χ3n) is 4.70. The van der Waals surface area contributed by atoms with Crippen LogP contribution < -0.4 is 5.73 Å². The molecular weight excluding hydrogens is 270 g/mol. The monoisotopic (exact) mass is 287 g/mol. The Kier molecular flexibility index (Phi) is 2.79. The van der Waals surface area contributed by atoms with Gasteiger partial charge in [0.05, 0.1) is 4.88 Å². The lowest BCUT2D eigenvalue weighted by atomic mass is 9.77. The molecule has 3 fully saturated rings. The fourth-order valence-electron chi connectivity index (χ4n) is 3.57. The molecule has 1 atom stereocenters. The predicted octanol–water partition coefficient (Wildman–Crippen LogP) is 2.20. The van der Waals surface area contributed by atoms with Crippen LogP contribution >= 0.6 is 11.3 Å². The van der Waals surface area contributed by atoms with Crippen molar-refractivity contribution in [1.82, 2.24) is 9.88 Å². The minimum Gasteiger partial charge on any atom is -0.365 e. The van der Waals surface area contributed by atoms with Crippen molar-refractivity contribution < 1.29 is 4.79 Å². The summed E-state index contributed by atoms with van der Waals surface area (Å²) in [5.41, 5.74) is 6.54. The van der Waals surface area contributed by atoms with E-state index >= 15 is 0 Å². The first-order chi connectivity index (χ1) is 9.70. The number of hydrogen-bond acceptors (Lipinski definition) is 4. The molecule has 0 aromatic carbocycles. The highest BCUT2D eigenvalue weighted by molar-refractivity contribution is 7.20. The maximum absolute atomic E-state index is 11.3. The molecule has 3 aliphatic heterocycles. The summed E-state index contributed by atoms with van der Waals surface area (Å²) in [7, 11) is 0. The van der Waals surface area contributed by atoms with Crippen molar-refractivity contribution in [3.05, 3.63) is 28.9 Å². The molecule has 3 saturated heterocycles. The fraction of sp³-hybridized carbons (Fsp3) is 0.467. The molecule has 0 spiro atoms. The second-order valence-electron chi connectivity index (χ2n) is 5.87. The summed E-state index contributed by atoms with van der Waals surface area (Å²) < 4.78 is 1.13. The average molecular weight is 287 g/mol. The molecule has 4 nitrogen and oxygen atoms in total. The minimum absolute atomic E-state index is 0.351. The number of carbonyl (C=O) groups is 1. The third kappa shape index (κ3) is 1.93. The Bertz CT molecular complexity index is 673. The zero-order valence-corrected chi connectivity index (χ0v) is 12.0. The number of pyridine rings is 1. The van der Waals surface area contributed by atoms with E-state index in [0.29, 0.717) is 10.8 Å². The lowest BCUT2D eigenvalue weighted by Gasteiger charge is -2.44. The van der Waals surface area contributed by atoms with Crippen molar-refractivity contribution in [2.24, 2.45) is 11.7 Å². The highest BCUT2D eigenvalue weighted by atomic mass is 32.1. The molecular formula is C15H17N3OS. The predicted molar refractivity (Wildman–Crippen MR) is 80.0 cm³/mol. The summed E-state index contributed by atoms with van der Waals surface area (Å²) in [5.74, 6) is 0.983. The van der Waals surface area contributed by atoms with Gasteiger partial charge in [0, 0.05) is 34.4 Å². The van der Waals surface area contributed by atoms with Crippen molar-refractivity contribution >= 4 is 27.3 Å². The van der Waals surface area contributed by atoms with Crippen molar-refractivity contribution in [3.63, 3.8) is 0 Å². The van der Waals surface area contributed by atoms with Crippen LogP contribution in [0.5, 0.6) is 0 Å². The van der Waals surface area contributed by atoms with Crippen LogP contribution in [0, 0.1) is 5.92 Å². The molecule has 0 unspecified atom stereocenters. The maximum atomic E-state index is 11.3. The van der Waals surface area contributed by atoms with Crippen molar-refractivity contribution in [2.45, 2.75) is 18.8 Å². The van der Waals surface area contributed by atoms with Gasteiger partial charge in [-0.15, -0.1) is 11.3 Å². The first kappa shape index (κ1) is 12.3. The molecule has 20 heavy (non-hydrogen) atoms. The van der Waals surface area contributed by atoms with Crippen LogP contribution in [0.15, 0.2) is 18.3 Å². The summed E-state index contributed by atoms with van der Waals surface area (Å²) in [6.45, 7) is 3.62. The zero-order valence-electron chi connectivity index (χ0n) is 11.2. The Balaban J connectivity index is 1.71. The number of fused-ring (bicyclic) bond motifs is 4. The standard InChI is InChI=1S/C15H17N3OS/c16-15(19)14-5-10-7-17-12(6-13(10)20-14)11-8-18-3-1-9(11)2-4-18/h5-7,9,11H,1-4,8H2,(H2,16,19)/t11-/m0/s1. The van der Waals surface area contributed by atoms with Gasteiger partial charge in [0.1, 0.15) is 0 Å². The quantitative estimate of drug-likeness (QED) is 0.921. The molecule has 2 aromatic rings. The SMILES string of the molecule is NC(=O)c1cc2cnc([C@H]3CN4CCC3CC4)cc2s1. The van der Waals surface area contributed by atoms with Gasteiger partial charge in [-0.05, 0) is 44.0 Å². The smallest absolute Gasteiger partial charge is 0.258 e. The lowest BCUT2D eigenvalue weighted by Crippen LogP contribution is -2.46. The number of piperidine rings is 3. The van der Waals surface area contributed by atoms with E-state index < -0.39 is 0 Å². The van der Waals surface area contributed by atoms with Gasteiger partial charge >= 0.3 is 0 Å². The maximum Gasteiger partial charge on any atom is 0.258 e. The summed E-state index contributed by atoms with van der Waals surface area (Å²) >= 11 is 1.48. The van der Waals surface area contributed by atoms with Gasteiger partial charge in [0.15, 0.2) is 0 Å². The highest BCUT2D eigenvalue weighted by Gasteiger charge is 2.35. The van der Waals surface area contributed by atoms with Gasteiger partial charge in [-0.25, -0.2) is 0 Å². The molecule has 0 aliphatic carbocycles. The van der Waals surface area contributed by atoms with Gasteiger partial charge in [-0.3, -0.25) is 9.78 Å². The largest absolute Gasteiger partial charge is 0.365 e. The number of primary amides is 1. The fourth-order valence-corrected chi connectivity index (χ4v) is 4.51. The van der Waals surface area contributed by atoms with Crippen LogP contribution in [0.25, 0.3) is 10.1 Å². The molecule has 0 saturated carbocycles. The first-order valence-electron chi connectivity index (χ1n) is 7.12. The van der Waals surface area contributed by atoms with Crippen LogP contribution in [0.3, 0.4) is 0 Å². The van der Waals surface area contributed by atoms with Crippen molar-refractivity contribution in [2.75, 3.05) is 19.6 Å². The molecule has 5 heteroatoms. The van der Waals surface area contributed by atoms with Gasteiger partial charge in [0.2, 0.25) is 0 Å². The van der Waals surface area contributed by atoms with Gasteiger partial charge in [-0.1, -0.05) is 0 Å². The van der Waals surface area contributed by atoms with Crippen LogP contribution in [-0.2, 0) is 0 Å². The Hall–Kier alpha value is -1.46. The number of nitrogens with zero attached hydrogens (tertiary/aromatic N) is 2. The second kappa shape index (κ2) is 4.53. The minimum atomic E-state index is -0.351. The van der Waals surface area contributed by atoms with Crippen LogP contribution in [0.2, 0.25) is 0 Å². The Morgan fingerprint density at radius 2 is 2.15 bits per heavy atom.